The molecule has 1 aliphatic heterocycles. The lowest BCUT2D eigenvalue weighted by molar-refractivity contribution is -0.134. The maximum absolute atomic E-state index is 14.1. The molecule has 1 saturated heterocycles. The molecule has 7 nitrogen and oxygen atoms in total. The number of carbonyl (C=O) groups excluding carboxylic acids is 1. The van der Waals surface area contributed by atoms with E-state index in [1.165, 1.54) is 25.3 Å². The SMILES string of the molecule is COc1ccc(S(=O)(=O)Oc2ccccc2CN(CC2CCCO2)C(=O)CC(C)C)cc1F. The average molecular weight is 480 g/mol. The monoisotopic (exact) mass is 479 g/mol. The number of halogens is 1. The van der Waals surface area contributed by atoms with E-state index in [2.05, 4.69) is 0 Å². The van der Waals surface area contributed by atoms with Crippen molar-refractivity contribution in [3.63, 3.8) is 0 Å². The van der Waals surface area contributed by atoms with Gasteiger partial charge in [-0.15, -0.1) is 0 Å². The van der Waals surface area contributed by atoms with Crippen LogP contribution in [0, 0.1) is 11.7 Å². The summed E-state index contributed by atoms with van der Waals surface area (Å²) in [7, 11) is -3.01. The Hall–Kier alpha value is -2.65. The van der Waals surface area contributed by atoms with Gasteiger partial charge in [0.05, 0.1) is 13.2 Å². The molecule has 0 bridgehead atoms. The highest BCUT2D eigenvalue weighted by Crippen LogP contribution is 2.27. The number of hydrogen-bond acceptors (Lipinski definition) is 6. The van der Waals surface area contributed by atoms with Crippen LogP contribution in [0.4, 0.5) is 4.39 Å². The fourth-order valence-corrected chi connectivity index (χ4v) is 4.64. The van der Waals surface area contributed by atoms with Crippen molar-refractivity contribution >= 4 is 16.0 Å². The van der Waals surface area contributed by atoms with E-state index in [0.717, 1.165) is 18.9 Å². The Bertz CT molecular complexity index is 1070. The van der Waals surface area contributed by atoms with Crippen LogP contribution < -0.4 is 8.92 Å². The number of hydrogen-bond donors (Lipinski definition) is 0. The minimum atomic E-state index is -4.30. The quantitative estimate of drug-likeness (QED) is 0.476. The van der Waals surface area contributed by atoms with Crippen LogP contribution in [-0.2, 0) is 26.2 Å². The van der Waals surface area contributed by atoms with E-state index < -0.39 is 15.9 Å². The highest BCUT2D eigenvalue weighted by Gasteiger charge is 2.26. The Balaban J connectivity index is 1.84. The summed E-state index contributed by atoms with van der Waals surface area (Å²) in [5.41, 5.74) is 0.533. The van der Waals surface area contributed by atoms with Crippen molar-refractivity contribution in [1.29, 1.82) is 0 Å². The largest absolute Gasteiger partial charge is 0.494 e. The normalized spacial score (nSPS) is 16.1. The molecule has 33 heavy (non-hydrogen) atoms. The Morgan fingerprint density at radius 1 is 1.21 bits per heavy atom. The minimum Gasteiger partial charge on any atom is -0.494 e. The summed E-state index contributed by atoms with van der Waals surface area (Å²) in [5.74, 6) is -0.639. The zero-order valence-corrected chi connectivity index (χ0v) is 19.9. The van der Waals surface area contributed by atoms with Gasteiger partial charge in [-0.05, 0) is 43.0 Å². The minimum absolute atomic E-state index is 0.0321. The predicted octanol–water partition coefficient (Wildman–Crippen LogP) is 4.16. The molecular weight excluding hydrogens is 449 g/mol. The van der Waals surface area contributed by atoms with E-state index in [1.807, 2.05) is 13.8 Å². The third kappa shape index (κ3) is 6.68. The molecule has 0 radical (unpaired) electrons. The Labute approximate surface area is 194 Å². The fraction of sp³-hybridized carbons (Fsp3) is 0.458. The third-order valence-corrected chi connectivity index (χ3v) is 6.56. The molecule has 1 unspecified atom stereocenters. The van der Waals surface area contributed by atoms with Crippen LogP contribution in [-0.4, -0.2) is 45.6 Å². The van der Waals surface area contributed by atoms with Gasteiger partial charge in [0.1, 0.15) is 10.6 Å². The molecule has 0 aliphatic carbocycles. The topological polar surface area (TPSA) is 82.1 Å². The second kappa shape index (κ2) is 11.0. The van der Waals surface area contributed by atoms with Crippen molar-refractivity contribution in [1.82, 2.24) is 4.90 Å². The summed E-state index contributed by atoms with van der Waals surface area (Å²) in [5, 5.41) is 0. The molecule has 1 heterocycles. The average Bonchev–Trinajstić information content (AvgIpc) is 3.27. The second-order valence-electron chi connectivity index (χ2n) is 8.45. The first-order valence-corrected chi connectivity index (χ1v) is 12.4. The van der Waals surface area contributed by atoms with Gasteiger partial charge in [-0.1, -0.05) is 32.0 Å². The summed E-state index contributed by atoms with van der Waals surface area (Å²) >= 11 is 0. The number of para-hydroxylation sites is 1. The smallest absolute Gasteiger partial charge is 0.339 e. The van der Waals surface area contributed by atoms with Crippen molar-refractivity contribution in [2.75, 3.05) is 20.3 Å². The molecule has 9 heteroatoms. The summed E-state index contributed by atoms with van der Waals surface area (Å²) < 4.78 is 55.6. The number of nitrogens with zero attached hydrogens (tertiary/aromatic N) is 1. The van der Waals surface area contributed by atoms with Gasteiger partial charge in [0.25, 0.3) is 0 Å². The molecule has 2 aromatic rings. The van der Waals surface area contributed by atoms with Crippen LogP contribution in [0.25, 0.3) is 0 Å². The summed E-state index contributed by atoms with van der Waals surface area (Å²) in [6, 6.07) is 9.92. The number of carbonyl (C=O) groups is 1. The number of amides is 1. The fourth-order valence-electron chi connectivity index (χ4n) is 3.66. The first kappa shape index (κ1) is 25.0. The molecule has 0 aromatic heterocycles. The highest BCUT2D eigenvalue weighted by molar-refractivity contribution is 7.87. The number of rotatable bonds is 10. The third-order valence-electron chi connectivity index (χ3n) is 5.33. The molecule has 0 spiro atoms. The first-order chi connectivity index (χ1) is 15.7. The Morgan fingerprint density at radius 3 is 2.61 bits per heavy atom. The number of benzene rings is 2. The Kier molecular flexibility index (Phi) is 8.31. The van der Waals surface area contributed by atoms with Crippen molar-refractivity contribution in [3.05, 3.63) is 53.8 Å². The van der Waals surface area contributed by atoms with Crippen LogP contribution in [0.15, 0.2) is 47.4 Å². The molecular formula is C24H30FNO6S. The highest BCUT2D eigenvalue weighted by atomic mass is 32.2. The van der Waals surface area contributed by atoms with E-state index in [0.29, 0.717) is 25.1 Å². The summed E-state index contributed by atoms with van der Waals surface area (Å²) in [4.78, 5) is 14.3. The molecule has 1 fully saturated rings. The maximum atomic E-state index is 14.1. The maximum Gasteiger partial charge on any atom is 0.339 e. The van der Waals surface area contributed by atoms with E-state index in [9.17, 15) is 17.6 Å². The summed E-state index contributed by atoms with van der Waals surface area (Å²) in [6.45, 7) is 5.22. The van der Waals surface area contributed by atoms with E-state index in [-0.39, 0.29) is 40.9 Å². The Morgan fingerprint density at radius 2 is 1.97 bits per heavy atom. The number of methoxy groups -OCH3 is 1. The standard InChI is InChI=1S/C24H30FNO6S/c1-17(2)13-24(27)26(16-19-8-6-12-31-19)15-18-7-4-5-9-22(18)32-33(28,29)20-10-11-23(30-3)21(25)14-20/h4-5,7,9-11,14,17,19H,6,8,12-13,15-16H2,1-3H3. The molecule has 3 rings (SSSR count). The van der Waals surface area contributed by atoms with Gasteiger partial charge in [-0.2, -0.15) is 8.42 Å². The van der Waals surface area contributed by atoms with Crippen LogP contribution in [0.5, 0.6) is 11.5 Å². The van der Waals surface area contributed by atoms with Crippen LogP contribution >= 0.6 is 0 Å². The molecule has 0 N–H and O–H groups in total. The molecule has 1 aliphatic rings. The van der Waals surface area contributed by atoms with E-state index in [4.69, 9.17) is 13.7 Å². The van der Waals surface area contributed by atoms with Crippen LogP contribution in [0.3, 0.4) is 0 Å². The lowest BCUT2D eigenvalue weighted by atomic mass is 10.1. The van der Waals surface area contributed by atoms with Crippen molar-refractivity contribution < 1.29 is 31.3 Å². The number of ether oxygens (including phenoxy) is 2. The van der Waals surface area contributed by atoms with Crippen molar-refractivity contribution in [3.8, 4) is 11.5 Å². The molecule has 180 valence electrons. The first-order valence-electron chi connectivity index (χ1n) is 10.9. The lowest BCUT2D eigenvalue weighted by Crippen LogP contribution is -2.37. The van der Waals surface area contributed by atoms with Gasteiger partial charge in [0, 0.05) is 31.7 Å². The molecule has 0 saturated carbocycles. The zero-order valence-electron chi connectivity index (χ0n) is 19.1. The predicted molar refractivity (Wildman–Crippen MR) is 121 cm³/mol. The second-order valence-corrected chi connectivity index (χ2v) is 10.00. The van der Waals surface area contributed by atoms with Crippen LogP contribution in [0.1, 0.15) is 38.7 Å². The van der Waals surface area contributed by atoms with Gasteiger partial charge in [0.15, 0.2) is 11.6 Å². The summed E-state index contributed by atoms with van der Waals surface area (Å²) in [6.07, 6.45) is 2.16. The van der Waals surface area contributed by atoms with Crippen molar-refractivity contribution in [2.24, 2.45) is 5.92 Å². The van der Waals surface area contributed by atoms with Gasteiger partial charge in [0.2, 0.25) is 5.91 Å². The molecule has 1 amide bonds. The van der Waals surface area contributed by atoms with Gasteiger partial charge in [-0.3, -0.25) is 4.79 Å². The molecule has 1 atom stereocenters. The zero-order chi connectivity index (χ0) is 24.0. The molecule has 2 aromatic carbocycles. The van der Waals surface area contributed by atoms with Gasteiger partial charge < -0.3 is 18.6 Å². The van der Waals surface area contributed by atoms with Gasteiger partial charge in [-0.25, -0.2) is 4.39 Å². The lowest BCUT2D eigenvalue weighted by Gasteiger charge is -2.27. The van der Waals surface area contributed by atoms with E-state index in [1.54, 1.807) is 23.1 Å². The van der Waals surface area contributed by atoms with Crippen molar-refractivity contribution in [2.45, 2.75) is 50.7 Å². The van der Waals surface area contributed by atoms with E-state index >= 15 is 0 Å². The van der Waals surface area contributed by atoms with Crippen LogP contribution in [0.2, 0.25) is 0 Å². The van der Waals surface area contributed by atoms with Gasteiger partial charge >= 0.3 is 10.1 Å².